The number of aromatic amines is 1. The Morgan fingerprint density at radius 3 is 2.33 bits per heavy atom. The summed E-state index contributed by atoms with van der Waals surface area (Å²) in [5.41, 5.74) is 2.83. The van der Waals surface area contributed by atoms with Crippen molar-refractivity contribution in [1.29, 1.82) is 0 Å². The van der Waals surface area contributed by atoms with Crippen molar-refractivity contribution in [2.45, 2.75) is 0 Å². The summed E-state index contributed by atoms with van der Waals surface area (Å²) < 4.78 is 0. The smallest absolute Gasteiger partial charge is 0.0500 e. The summed E-state index contributed by atoms with van der Waals surface area (Å²) >= 11 is 18.2. The lowest BCUT2D eigenvalue weighted by Gasteiger charge is -2.01. The molecule has 0 unspecified atom stereocenters. The molecule has 0 saturated carbocycles. The number of H-pyrrole nitrogens is 1. The highest BCUT2D eigenvalue weighted by molar-refractivity contribution is 6.35. The van der Waals surface area contributed by atoms with Crippen molar-refractivity contribution in [3.05, 3.63) is 57.5 Å². The maximum Gasteiger partial charge on any atom is 0.0500 e. The number of fused-ring (bicyclic) bond motifs is 1. The Bertz CT molecular complexity index is 731. The largest absolute Gasteiger partial charge is 0.354 e. The molecule has 0 aliphatic carbocycles. The first-order chi connectivity index (χ1) is 8.63. The molecule has 3 aromatic rings. The molecule has 18 heavy (non-hydrogen) atoms. The summed E-state index contributed by atoms with van der Waals surface area (Å²) in [6, 6.07) is 13.1. The van der Waals surface area contributed by atoms with Gasteiger partial charge < -0.3 is 4.98 Å². The average molecular weight is 297 g/mol. The third-order valence-corrected chi connectivity index (χ3v) is 3.60. The van der Waals surface area contributed by atoms with Crippen molar-refractivity contribution in [2.75, 3.05) is 0 Å². The molecule has 0 spiro atoms. The van der Waals surface area contributed by atoms with E-state index in [1.165, 1.54) is 0 Å². The number of hydrogen-bond donors (Lipinski definition) is 1. The monoisotopic (exact) mass is 295 g/mol. The van der Waals surface area contributed by atoms with Gasteiger partial charge in [0.25, 0.3) is 0 Å². The lowest BCUT2D eigenvalue weighted by molar-refractivity contribution is 1.45. The first-order valence-electron chi connectivity index (χ1n) is 5.37. The van der Waals surface area contributed by atoms with E-state index in [0.717, 1.165) is 22.2 Å². The van der Waals surface area contributed by atoms with Crippen LogP contribution in [0.15, 0.2) is 42.5 Å². The van der Waals surface area contributed by atoms with Crippen LogP contribution in [0.3, 0.4) is 0 Å². The number of benzene rings is 2. The summed E-state index contributed by atoms with van der Waals surface area (Å²) in [5.74, 6) is 0. The van der Waals surface area contributed by atoms with Crippen molar-refractivity contribution in [1.82, 2.24) is 4.98 Å². The fourth-order valence-electron chi connectivity index (χ4n) is 1.95. The van der Waals surface area contributed by atoms with Gasteiger partial charge in [-0.25, -0.2) is 0 Å². The van der Waals surface area contributed by atoms with Gasteiger partial charge in [-0.15, -0.1) is 0 Å². The van der Waals surface area contributed by atoms with Gasteiger partial charge in [0.2, 0.25) is 0 Å². The van der Waals surface area contributed by atoms with Gasteiger partial charge in [0, 0.05) is 37.2 Å². The zero-order valence-electron chi connectivity index (χ0n) is 9.18. The molecular weight excluding hydrogens is 289 g/mol. The quantitative estimate of drug-likeness (QED) is 0.584. The van der Waals surface area contributed by atoms with Crippen LogP contribution in [0.25, 0.3) is 22.2 Å². The third-order valence-electron chi connectivity index (χ3n) is 2.80. The first kappa shape index (κ1) is 11.9. The van der Waals surface area contributed by atoms with Crippen molar-refractivity contribution < 1.29 is 0 Å². The minimum atomic E-state index is 0.658. The zero-order chi connectivity index (χ0) is 12.7. The molecule has 2 aromatic carbocycles. The number of halogens is 3. The summed E-state index contributed by atoms with van der Waals surface area (Å²) in [7, 11) is 0. The van der Waals surface area contributed by atoms with E-state index in [4.69, 9.17) is 34.8 Å². The molecule has 1 heterocycles. The summed E-state index contributed by atoms with van der Waals surface area (Å²) in [6.45, 7) is 0. The molecule has 0 bridgehead atoms. The zero-order valence-corrected chi connectivity index (χ0v) is 11.4. The summed E-state index contributed by atoms with van der Waals surface area (Å²) in [4.78, 5) is 3.31. The van der Waals surface area contributed by atoms with E-state index in [2.05, 4.69) is 4.98 Å². The SMILES string of the molecule is Clc1ccc(Cl)c(-c2cc3cc(Cl)ccc3[nH]2)c1. The van der Waals surface area contributed by atoms with E-state index in [-0.39, 0.29) is 0 Å². The predicted octanol–water partition coefficient (Wildman–Crippen LogP) is 5.80. The Labute approximate surface area is 119 Å². The molecule has 0 saturated heterocycles. The maximum absolute atomic E-state index is 6.18. The fourth-order valence-corrected chi connectivity index (χ4v) is 2.52. The second kappa shape index (κ2) is 4.51. The summed E-state index contributed by atoms with van der Waals surface area (Å²) in [6.07, 6.45) is 0. The molecule has 1 nitrogen and oxygen atoms in total. The normalized spacial score (nSPS) is 11.1. The molecule has 1 aromatic heterocycles. The van der Waals surface area contributed by atoms with E-state index < -0.39 is 0 Å². The Kier molecular flexibility index (Phi) is 2.98. The van der Waals surface area contributed by atoms with Gasteiger partial charge in [-0.2, -0.15) is 0 Å². The Balaban J connectivity index is 2.22. The van der Waals surface area contributed by atoms with Crippen LogP contribution in [0.1, 0.15) is 0 Å². The molecule has 0 amide bonds. The van der Waals surface area contributed by atoms with Crippen LogP contribution >= 0.6 is 34.8 Å². The molecule has 0 fully saturated rings. The topological polar surface area (TPSA) is 15.8 Å². The van der Waals surface area contributed by atoms with Gasteiger partial charge in [0.05, 0.1) is 0 Å². The molecular formula is C14H8Cl3N. The number of aromatic nitrogens is 1. The van der Waals surface area contributed by atoms with Gasteiger partial charge in [0.15, 0.2) is 0 Å². The minimum Gasteiger partial charge on any atom is -0.354 e. The van der Waals surface area contributed by atoms with E-state index in [9.17, 15) is 0 Å². The molecule has 4 heteroatoms. The van der Waals surface area contributed by atoms with Crippen LogP contribution in [-0.2, 0) is 0 Å². The predicted molar refractivity (Wildman–Crippen MR) is 78.8 cm³/mol. The van der Waals surface area contributed by atoms with Crippen molar-refractivity contribution in [2.24, 2.45) is 0 Å². The average Bonchev–Trinajstić information content (AvgIpc) is 2.74. The second-order valence-electron chi connectivity index (χ2n) is 4.04. The summed E-state index contributed by atoms with van der Waals surface area (Å²) in [5, 5.41) is 3.09. The highest BCUT2D eigenvalue weighted by Gasteiger charge is 2.08. The lowest BCUT2D eigenvalue weighted by atomic mass is 10.1. The molecule has 3 rings (SSSR count). The molecule has 0 radical (unpaired) electrons. The molecule has 1 N–H and O–H groups in total. The van der Waals surface area contributed by atoms with Crippen molar-refractivity contribution in [3.63, 3.8) is 0 Å². The third kappa shape index (κ3) is 2.10. The van der Waals surface area contributed by atoms with E-state index in [1.54, 1.807) is 12.1 Å². The highest BCUT2D eigenvalue weighted by atomic mass is 35.5. The van der Waals surface area contributed by atoms with Crippen LogP contribution in [-0.4, -0.2) is 4.98 Å². The Hall–Kier alpha value is -1.15. The lowest BCUT2D eigenvalue weighted by Crippen LogP contribution is -1.79. The van der Waals surface area contributed by atoms with E-state index in [0.29, 0.717) is 15.1 Å². The minimum absolute atomic E-state index is 0.658. The van der Waals surface area contributed by atoms with Crippen LogP contribution in [0.4, 0.5) is 0 Å². The second-order valence-corrected chi connectivity index (χ2v) is 5.32. The standard InChI is InChI=1S/C14H8Cl3N/c15-9-2-4-13-8(5-9)6-14(18-13)11-7-10(16)1-3-12(11)17/h1-7,18H. The number of nitrogens with one attached hydrogen (secondary N) is 1. The first-order valence-corrected chi connectivity index (χ1v) is 6.50. The molecule has 0 aliphatic rings. The van der Waals surface area contributed by atoms with E-state index in [1.807, 2.05) is 30.3 Å². The van der Waals surface area contributed by atoms with Crippen LogP contribution in [0.2, 0.25) is 15.1 Å². The van der Waals surface area contributed by atoms with E-state index >= 15 is 0 Å². The number of hydrogen-bond acceptors (Lipinski definition) is 0. The number of rotatable bonds is 1. The fraction of sp³-hybridized carbons (Fsp3) is 0. The van der Waals surface area contributed by atoms with Crippen LogP contribution < -0.4 is 0 Å². The van der Waals surface area contributed by atoms with Crippen LogP contribution in [0, 0.1) is 0 Å². The Morgan fingerprint density at radius 1 is 0.778 bits per heavy atom. The highest BCUT2D eigenvalue weighted by Crippen LogP contribution is 2.32. The van der Waals surface area contributed by atoms with Gasteiger partial charge >= 0.3 is 0 Å². The van der Waals surface area contributed by atoms with Gasteiger partial charge in [-0.3, -0.25) is 0 Å². The maximum atomic E-state index is 6.18. The van der Waals surface area contributed by atoms with Crippen LogP contribution in [0.5, 0.6) is 0 Å². The van der Waals surface area contributed by atoms with Gasteiger partial charge in [-0.05, 0) is 42.5 Å². The van der Waals surface area contributed by atoms with Gasteiger partial charge in [-0.1, -0.05) is 34.8 Å². The molecule has 90 valence electrons. The Morgan fingerprint density at radius 2 is 1.50 bits per heavy atom. The van der Waals surface area contributed by atoms with Crippen molar-refractivity contribution >= 4 is 45.7 Å². The van der Waals surface area contributed by atoms with Crippen molar-refractivity contribution in [3.8, 4) is 11.3 Å². The molecule has 0 aliphatic heterocycles. The molecule has 0 atom stereocenters. The van der Waals surface area contributed by atoms with Gasteiger partial charge in [0.1, 0.15) is 0 Å².